The van der Waals surface area contributed by atoms with Gasteiger partial charge in [-0.15, -0.1) is 31.4 Å². The van der Waals surface area contributed by atoms with E-state index in [-0.39, 0.29) is 36.6 Å². The summed E-state index contributed by atoms with van der Waals surface area (Å²) in [5, 5.41) is 13.8. The van der Waals surface area contributed by atoms with Gasteiger partial charge in [0.05, 0.1) is 7.11 Å². The summed E-state index contributed by atoms with van der Waals surface area (Å²) in [6, 6.07) is 5.85. The third kappa shape index (κ3) is 5.06. The summed E-state index contributed by atoms with van der Waals surface area (Å²) in [6.45, 7) is 10.00. The van der Waals surface area contributed by atoms with Gasteiger partial charge < -0.3 is 15.2 Å². The monoisotopic (exact) mass is 348 g/mol. The molecular formula is C16H26Cl2N2O2. The molecule has 1 aliphatic rings. The highest BCUT2D eigenvalue weighted by atomic mass is 35.5. The van der Waals surface area contributed by atoms with Crippen LogP contribution in [0, 0.1) is 0 Å². The highest BCUT2D eigenvalue weighted by Gasteiger charge is 2.25. The van der Waals surface area contributed by atoms with Gasteiger partial charge in [0.15, 0.2) is 11.5 Å². The summed E-state index contributed by atoms with van der Waals surface area (Å²) < 4.78 is 5.22. The minimum absolute atomic E-state index is 0. The molecule has 2 N–H and O–H groups in total. The molecule has 126 valence electrons. The van der Waals surface area contributed by atoms with Crippen molar-refractivity contribution >= 4 is 24.8 Å². The Morgan fingerprint density at radius 3 is 2.55 bits per heavy atom. The molecule has 0 radical (unpaired) electrons. The zero-order valence-corrected chi connectivity index (χ0v) is 14.8. The number of piperazine rings is 1. The Labute approximate surface area is 145 Å². The average molecular weight is 349 g/mol. The third-order valence-corrected chi connectivity index (χ3v) is 3.74. The largest absolute Gasteiger partial charge is 0.504 e. The molecule has 0 aromatic heterocycles. The molecule has 1 aliphatic heterocycles. The van der Waals surface area contributed by atoms with Gasteiger partial charge in [0, 0.05) is 37.8 Å². The minimum atomic E-state index is 0. The molecule has 6 heteroatoms. The second kappa shape index (κ2) is 9.95. The van der Waals surface area contributed by atoms with E-state index in [1.54, 1.807) is 13.2 Å². The van der Waals surface area contributed by atoms with Crippen molar-refractivity contribution in [3.05, 3.63) is 35.9 Å². The van der Waals surface area contributed by atoms with Gasteiger partial charge in [0.1, 0.15) is 0 Å². The van der Waals surface area contributed by atoms with Crippen LogP contribution in [0.15, 0.2) is 30.4 Å². The number of ether oxygens (including phenoxy) is 1. The standard InChI is InChI=1S/C16H24N2O2.2ClH/c1-12(2)11-14(18-9-7-17-8-10-18)13-5-4-6-15(20-3)16(13)19;;/h4-6,14,17,19H,1,7-11H2,2-3H3;2*1H/t14-;;/m0../s1. The quantitative estimate of drug-likeness (QED) is 0.802. The molecule has 1 aromatic carbocycles. The number of phenols is 1. The first-order valence-corrected chi connectivity index (χ1v) is 7.08. The first-order chi connectivity index (χ1) is 9.63. The van der Waals surface area contributed by atoms with E-state index >= 15 is 0 Å². The lowest BCUT2D eigenvalue weighted by Gasteiger charge is -2.35. The summed E-state index contributed by atoms with van der Waals surface area (Å²) in [6.07, 6.45) is 0.848. The third-order valence-electron chi connectivity index (χ3n) is 3.74. The zero-order chi connectivity index (χ0) is 14.5. The second-order valence-electron chi connectivity index (χ2n) is 5.36. The summed E-state index contributed by atoms with van der Waals surface area (Å²) in [5.41, 5.74) is 2.05. The molecule has 2 rings (SSSR count). The van der Waals surface area contributed by atoms with E-state index in [1.807, 2.05) is 19.1 Å². The Morgan fingerprint density at radius 1 is 1.36 bits per heavy atom. The maximum absolute atomic E-state index is 10.4. The maximum atomic E-state index is 10.4. The van der Waals surface area contributed by atoms with Crippen LogP contribution in [0.2, 0.25) is 0 Å². The van der Waals surface area contributed by atoms with Gasteiger partial charge in [-0.25, -0.2) is 0 Å². The van der Waals surface area contributed by atoms with E-state index in [0.717, 1.165) is 43.7 Å². The minimum Gasteiger partial charge on any atom is -0.504 e. The smallest absolute Gasteiger partial charge is 0.162 e. The number of phenolic OH excluding ortho intramolecular Hbond substituents is 1. The molecule has 1 fully saturated rings. The topological polar surface area (TPSA) is 44.7 Å². The fraction of sp³-hybridized carbons (Fsp3) is 0.500. The van der Waals surface area contributed by atoms with E-state index in [9.17, 15) is 5.11 Å². The molecular weight excluding hydrogens is 323 g/mol. The maximum Gasteiger partial charge on any atom is 0.162 e. The van der Waals surface area contributed by atoms with Crippen molar-refractivity contribution in [1.82, 2.24) is 10.2 Å². The lowest BCUT2D eigenvalue weighted by atomic mass is 9.96. The van der Waals surface area contributed by atoms with Gasteiger partial charge in [-0.05, 0) is 19.4 Å². The van der Waals surface area contributed by atoms with Crippen molar-refractivity contribution in [3.63, 3.8) is 0 Å². The van der Waals surface area contributed by atoms with Gasteiger partial charge in [-0.3, -0.25) is 4.90 Å². The van der Waals surface area contributed by atoms with Gasteiger partial charge in [-0.2, -0.15) is 0 Å². The molecule has 4 nitrogen and oxygen atoms in total. The van der Waals surface area contributed by atoms with Gasteiger partial charge in [-0.1, -0.05) is 17.7 Å². The van der Waals surface area contributed by atoms with Crippen LogP contribution in [0.4, 0.5) is 0 Å². The van der Waals surface area contributed by atoms with Gasteiger partial charge in [0.25, 0.3) is 0 Å². The number of para-hydroxylation sites is 1. The molecule has 0 aliphatic carbocycles. The van der Waals surface area contributed by atoms with Crippen molar-refractivity contribution in [2.24, 2.45) is 0 Å². The summed E-state index contributed by atoms with van der Waals surface area (Å²) in [4.78, 5) is 2.40. The van der Waals surface area contributed by atoms with E-state index in [0.29, 0.717) is 5.75 Å². The highest BCUT2D eigenvalue weighted by molar-refractivity contribution is 5.85. The molecule has 0 unspecified atom stereocenters. The number of hydrogen-bond acceptors (Lipinski definition) is 4. The van der Waals surface area contributed by atoms with E-state index in [2.05, 4.69) is 16.8 Å². The number of hydrogen-bond donors (Lipinski definition) is 2. The number of nitrogens with one attached hydrogen (secondary N) is 1. The predicted molar refractivity (Wildman–Crippen MR) is 95.8 cm³/mol. The molecule has 0 saturated carbocycles. The predicted octanol–water partition coefficient (Wildman–Crippen LogP) is 3.16. The first-order valence-electron chi connectivity index (χ1n) is 7.08. The van der Waals surface area contributed by atoms with Crippen molar-refractivity contribution < 1.29 is 9.84 Å². The van der Waals surface area contributed by atoms with Crippen LogP contribution >= 0.6 is 24.8 Å². The fourth-order valence-electron chi connectivity index (χ4n) is 2.73. The lowest BCUT2D eigenvalue weighted by molar-refractivity contribution is 0.169. The molecule has 1 heterocycles. The molecule has 0 spiro atoms. The zero-order valence-electron chi connectivity index (χ0n) is 13.2. The van der Waals surface area contributed by atoms with Crippen LogP contribution in [0.25, 0.3) is 0 Å². The normalized spacial score (nSPS) is 16.1. The molecule has 1 atom stereocenters. The van der Waals surface area contributed by atoms with Gasteiger partial charge in [0.2, 0.25) is 0 Å². The van der Waals surface area contributed by atoms with Gasteiger partial charge >= 0.3 is 0 Å². The molecule has 22 heavy (non-hydrogen) atoms. The average Bonchev–Trinajstić information content (AvgIpc) is 2.46. The molecule has 1 aromatic rings. The van der Waals surface area contributed by atoms with E-state index < -0.39 is 0 Å². The Morgan fingerprint density at radius 2 is 2.00 bits per heavy atom. The first kappa shape index (κ1) is 21.1. The van der Waals surface area contributed by atoms with Crippen molar-refractivity contribution in [2.45, 2.75) is 19.4 Å². The highest BCUT2D eigenvalue weighted by Crippen LogP contribution is 2.38. The van der Waals surface area contributed by atoms with E-state index in [4.69, 9.17) is 4.74 Å². The number of methoxy groups -OCH3 is 1. The van der Waals surface area contributed by atoms with E-state index in [1.165, 1.54) is 0 Å². The number of halogens is 2. The number of rotatable bonds is 5. The van der Waals surface area contributed by atoms with Crippen LogP contribution in [-0.2, 0) is 0 Å². The van der Waals surface area contributed by atoms with Crippen molar-refractivity contribution in [2.75, 3.05) is 33.3 Å². The Balaban J connectivity index is 0.00000220. The van der Waals surface area contributed by atoms with Crippen LogP contribution in [0.3, 0.4) is 0 Å². The molecule has 1 saturated heterocycles. The van der Waals surface area contributed by atoms with Crippen LogP contribution in [0.1, 0.15) is 24.9 Å². The second-order valence-corrected chi connectivity index (χ2v) is 5.36. The fourth-order valence-corrected chi connectivity index (χ4v) is 2.73. The van der Waals surface area contributed by atoms with Crippen LogP contribution in [0.5, 0.6) is 11.5 Å². The molecule has 0 bridgehead atoms. The van der Waals surface area contributed by atoms with Crippen LogP contribution in [-0.4, -0.2) is 43.3 Å². The SMILES string of the molecule is C=C(C)C[C@@H](c1cccc(OC)c1O)N1CCNCC1.Cl.Cl. The number of nitrogens with zero attached hydrogens (tertiary/aromatic N) is 1. The van der Waals surface area contributed by atoms with Crippen molar-refractivity contribution in [1.29, 1.82) is 0 Å². The lowest BCUT2D eigenvalue weighted by Crippen LogP contribution is -2.45. The van der Waals surface area contributed by atoms with Crippen molar-refractivity contribution in [3.8, 4) is 11.5 Å². The summed E-state index contributed by atoms with van der Waals surface area (Å²) in [7, 11) is 1.58. The Kier molecular flexibility index (Phi) is 9.53. The Hall–Kier alpha value is -0.940. The summed E-state index contributed by atoms with van der Waals surface area (Å²) in [5.74, 6) is 0.782. The number of aromatic hydroxyl groups is 1. The van der Waals surface area contributed by atoms with Crippen LogP contribution < -0.4 is 10.1 Å². The molecule has 0 amide bonds. The number of benzene rings is 1. The summed E-state index contributed by atoms with van der Waals surface area (Å²) >= 11 is 0. The Bertz CT molecular complexity index is 477.